The number of hydrogen-bond donors (Lipinski definition) is 3. The van der Waals surface area contributed by atoms with Crippen molar-refractivity contribution in [1.82, 2.24) is 15.5 Å². The summed E-state index contributed by atoms with van der Waals surface area (Å²) in [7, 11) is 0. The van der Waals surface area contributed by atoms with Gasteiger partial charge < -0.3 is 20.6 Å². The van der Waals surface area contributed by atoms with Crippen molar-refractivity contribution < 1.29 is 14.7 Å². The summed E-state index contributed by atoms with van der Waals surface area (Å²) in [5.41, 5.74) is -1.07. The minimum absolute atomic E-state index is 0.374. The van der Waals surface area contributed by atoms with Crippen molar-refractivity contribution >= 4 is 12.0 Å². The number of carbonyl (C=O) groups is 2. The van der Waals surface area contributed by atoms with Crippen molar-refractivity contribution in [2.75, 3.05) is 26.2 Å². The fourth-order valence-corrected chi connectivity index (χ4v) is 2.68. The van der Waals surface area contributed by atoms with E-state index in [-0.39, 0.29) is 6.03 Å². The molecule has 0 spiro atoms. The number of carbonyl (C=O) groups excluding carboxylic acids is 1. The van der Waals surface area contributed by atoms with Crippen molar-refractivity contribution in [3.05, 3.63) is 0 Å². The number of nitrogens with zero attached hydrogens (tertiary/aromatic N) is 1. The van der Waals surface area contributed by atoms with Gasteiger partial charge in [0.1, 0.15) is 5.54 Å². The first-order valence-corrected chi connectivity index (χ1v) is 7.56. The predicted octanol–water partition coefficient (Wildman–Crippen LogP) is 1.41. The molecule has 6 nitrogen and oxygen atoms in total. The Kier molecular flexibility index (Phi) is 6.78. The van der Waals surface area contributed by atoms with Gasteiger partial charge in [-0.1, -0.05) is 33.1 Å². The summed E-state index contributed by atoms with van der Waals surface area (Å²) in [5, 5.41) is 14.8. The molecule has 1 saturated carbocycles. The van der Waals surface area contributed by atoms with Crippen molar-refractivity contribution in [1.29, 1.82) is 0 Å². The maximum atomic E-state index is 11.9. The van der Waals surface area contributed by atoms with E-state index >= 15 is 0 Å². The lowest BCUT2D eigenvalue weighted by atomic mass is 9.82. The Morgan fingerprint density at radius 2 is 1.75 bits per heavy atom. The minimum Gasteiger partial charge on any atom is -0.480 e. The second-order valence-electron chi connectivity index (χ2n) is 5.36. The molecular weight excluding hydrogens is 258 g/mol. The lowest BCUT2D eigenvalue weighted by molar-refractivity contribution is -0.145. The zero-order valence-corrected chi connectivity index (χ0v) is 12.6. The molecule has 1 rings (SSSR count). The lowest BCUT2D eigenvalue weighted by Crippen LogP contribution is -2.58. The van der Waals surface area contributed by atoms with Gasteiger partial charge in [0.15, 0.2) is 0 Å². The zero-order chi connectivity index (χ0) is 15.0. The smallest absolute Gasteiger partial charge is 0.329 e. The number of likely N-dealkylation sites (N-methyl/N-ethyl adjacent to an activating group) is 1. The molecule has 0 aromatic heterocycles. The number of nitrogens with one attached hydrogen (secondary N) is 2. The highest BCUT2D eigenvalue weighted by molar-refractivity contribution is 5.86. The van der Waals surface area contributed by atoms with Crippen LogP contribution < -0.4 is 10.6 Å². The van der Waals surface area contributed by atoms with Crippen molar-refractivity contribution in [3.63, 3.8) is 0 Å². The molecule has 1 fully saturated rings. The fraction of sp³-hybridized carbons (Fsp3) is 0.857. The second-order valence-corrected chi connectivity index (χ2v) is 5.36. The Morgan fingerprint density at radius 1 is 1.15 bits per heavy atom. The van der Waals surface area contributed by atoms with Gasteiger partial charge in [-0.25, -0.2) is 9.59 Å². The molecule has 3 N–H and O–H groups in total. The Hall–Kier alpha value is -1.30. The lowest BCUT2D eigenvalue weighted by Gasteiger charge is -2.34. The third-order valence-electron chi connectivity index (χ3n) is 4.08. The van der Waals surface area contributed by atoms with E-state index in [0.717, 1.165) is 38.9 Å². The van der Waals surface area contributed by atoms with Gasteiger partial charge in [-0.15, -0.1) is 0 Å². The fourth-order valence-electron chi connectivity index (χ4n) is 2.68. The average Bonchev–Trinajstić information content (AvgIpc) is 2.44. The maximum absolute atomic E-state index is 11.9. The van der Waals surface area contributed by atoms with E-state index in [1.54, 1.807) is 0 Å². The van der Waals surface area contributed by atoms with E-state index < -0.39 is 11.5 Å². The van der Waals surface area contributed by atoms with Crippen LogP contribution in [0, 0.1) is 0 Å². The topological polar surface area (TPSA) is 81.7 Å². The first-order chi connectivity index (χ1) is 9.54. The van der Waals surface area contributed by atoms with E-state index in [1.807, 2.05) is 0 Å². The maximum Gasteiger partial charge on any atom is 0.329 e. The van der Waals surface area contributed by atoms with E-state index in [2.05, 4.69) is 29.4 Å². The molecule has 0 aliphatic heterocycles. The van der Waals surface area contributed by atoms with Gasteiger partial charge >= 0.3 is 12.0 Å². The van der Waals surface area contributed by atoms with E-state index in [1.165, 1.54) is 0 Å². The number of carboxylic acids is 1. The van der Waals surface area contributed by atoms with E-state index in [0.29, 0.717) is 19.4 Å². The first kappa shape index (κ1) is 16.8. The SMILES string of the molecule is CCN(CC)CCNC(=O)NC1(C(=O)O)CCCCC1. The number of aliphatic carboxylic acids is 1. The molecule has 1 aliphatic rings. The largest absolute Gasteiger partial charge is 0.480 e. The molecule has 0 saturated heterocycles. The number of carboxylic acid groups (broad SMARTS) is 1. The minimum atomic E-state index is -1.07. The first-order valence-electron chi connectivity index (χ1n) is 7.56. The van der Waals surface area contributed by atoms with Crippen LogP contribution in [0.4, 0.5) is 4.79 Å². The summed E-state index contributed by atoms with van der Waals surface area (Å²) in [6.07, 6.45) is 3.79. The highest BCUT2D eigenvalue weighted by Crippen LogP contribution is 2.28. The van der Waals surface area contributed by atoms with Crippen LogP contribution in [0.2, 0.25) is 0 Å². The number of urea groups is 1. The Bertz CT molecular complexity index is 324. The molecule has 116 valence electrons. The van der Waals surface area contributed by atoms with Gasteiger partial charge in [-0.2, -0.15) is 0 Å². The molecule has 2 amide bonds. The van der Waals surface area contributed by atoms with Gasteiger partial charge in [0.2, 0.25) is 0 Å². The third-order valence-corrected chi connectivity index (χ3v) is 4.08. The van der Waals surface area contributed by atoms with Crippen LogP contribution >= 0.6 is 0 Å². The van der Waals surface area contributed by atoms with Crippen molar-refractivity contribution in [2.24, 2.45) is 0 Å². The molecular formula is C14H27N3O3. The summed E-state index contributed by atoms with van der Waals surface area (Å²) >= 11 is 0. The van der Waals surface area contributed by atoms with Crippen LogP contribution in [0.1, 0.15) is 46.0 Å². The molecule has 0 heterocycles. The summed E-state index contributed by atoms with van der Waals surface area (Å²) < 4.78 is 0. The van der Waals surface area contributed by atoms with Crippen LogP contribution in [0.5, 0.6) is 0 Å². The van der Waals surface area contributed by atoms with Crippen LogP contribution in [0.15, 0.2) is 0 Å². The number of hydrogen-bond acceptors (Lipinski definition) is 3. The molecule has 0 bridgehead atoms. The Labute approximate surface area is 120 Å². The van der Waals surface area contributed by atoms with Crippen LogP contribution in [0.3, 0.4) is 0 Å². The highest BCUT2D eigenvalue weighted by atomic mass is 16.4. The molecule has 0 atom stereocenters. The zero-order valence-electron chi connectivity index (χ0n) is 12.6. The molecule has 20 heavy (non-hydrogen) atoms. The predicted molar refractivity (Wildman–Crippen MR) is 77.8 cm³/mol. The molecule has 6 heteroatoms. The van der Waals surface area contributed by atoms with E-state index in [9.17, 15) is 14.7 Å². The van der Waals surface area contributed by atoms with Gasteiger partial charge in [-0.05, 0) is 25.9 Å². The van der Waals surface area contributed by atoms with Gasteiger partial charge in [-0.3, -0.25) is 0 Å². The molecule has 1 aliphatic carbocycles. The standard InChI is InChI=1S/C14H27N3O3/c1-3-17(4-2)11-10-15-13(20)16-14(12(18)19)8-6-5-7-9-14/h3-11H2,1-2H3,(H,18,19)(H2,15,16,20). The second kappa shape index (κ2) is 8.09. The van der Waals surface area contributed by atoms with Crippen molar-refractivity contribution in [2.45, 2.75) is 51.5 Å². The number of amides is 2. The molecule has 0 aromatic carbocycles. The molecule has 0 aromatic rings. The van der Waals surface area contributed by atoms with Crippen LogP contribution in [-0.4, -0.2) is 53.7 Å². The normalized spacial score (nSPS) is 17.8. The highest BCUT2D eigenvalue weighted by Gasteiger charge is 2.40. The van der Waals surface area contributed by atoms with Crippen LogP contribution in [-0.2, 0) is 4.79 Å². The van der Waals surface area contributed by atoms with Crippen LogP contribution in [0.25, 0.3) is 0 Å². The summed E-state index contributed by atoms with van der Waals surface area (Å²) in [6, 6.07) is -0.374. The summed E-state index contributed by atoms with van der Waals surface area (Å²) in [4.78, 5) is 25.5. The monoisotopic (exact) mass is 285 g/mol. The third kappa shape index (κ3) is 4.67. The van der Waals surface area contributed by atoms with Gasteiger partial charge in [0.25, 0.3) is 0 Å². The number of rotatable bonds is 7. The molecule has 0 radical (unpaired) electrons. The Morgan fingerprint density at radius 3 is 2.25 bits per heavy atom. The summed E-state index contributed by atoms with van der Waals surface area (Å²) in [5.74, 6) is -0.920. The van der Waals surface area contributed by atoms with Gasteiger partial charge in [0, 0.05) is 13.1 Å². The quantitative estimate of drug-likeness (QED) is 0.660. The Balaban J connectivity index is 2.41. The van der Waals surface area contributed by atoms with Gasteiger partial charge in [0.05, 0.1) is 0 Å². The average molecular weight is 285 g/mol. The molecule has 0 unspecified atom stereocenters. The van der Waals surface area contributed by atoms with Crippen molar-refractivity contribution in [3.8, 4) is 0 Å². The van der Waals surface area contributed by atoms with E-state index in [4.69, 9.17) is 0 Å². The summed E-state index contributed by atoms with van der Waals surface area (Å²) in [6.45, 7) is 7.34.